The van der Waals surface area contributed by atoms with Gasteiger partial charge in [0.05, 0.1) is 6.54 Å². The molecule has 0 fully saturated rings. The van der Waals surface area contributed by atoms with Crippen LogP contribution in [0.5, 0.6) is 0 Å². The zero-order chi connectivity index (χ0) is 22.2. The van der Waals surface area contributed by atoms with Gasteiger partial charge < -0.3 is 19.3 Å². The van der Waals surface area contributed by atoms with Gasteiger partial charge in [-0.05, 0) is 57.7 Å². The van der Waals surface area contributed by atoms with Crippen molar-refractivity contribution < 1.29 is 27.9 Å². The Balaban J connectivity index is 1.66. The lowest BCUT2D eigenvalue weighted by Gasteiger charge is -2.27. The first kappa shape index (κ1) is 21.7. The average Bonchev–Trinajstić information content (AvgIpc) is 3.27. The number of nitrogens with zero attached hydrogens (tertiary/aromatic N) is 2. The topological polar surface area (TPSA) is 102 Å². The minimum absolute atomic E-state index is 0.0171. The third-order valence-electron chi connectivity index (χ3n) is 5.06. The Labute approximate surface area is 173 Å². The van der Waals surface area contributed by atoms with E-state index in [1.165, 1.54) is 11.9 Å². The van der Waals surface area contributed by atoms with Crippen molar-refractivity contribution in [2.75, 3.05) is 7.05 Å². The largest absolute Gasteiger partial charge is 0.444 e. The second-order valence-electron chi connectivity index (χ2n) is 8.57. The van der Waals surface area contributed by atoms with E-state index in [-0.39, 0.29) is 23.9 Å². The number of aromatic nitrogens is 1. The van der Waals surface area contributed by atoms with Crippen LogP contribution in [0.25, 0.3) is 11.1 Å². The Hall–Kier alpha value is -2.97. The average molecular weight is 419 g/mol. The normalized spacial score (nSPS) is 16.8. The van der Waals surface area contributed by atoms with Gasteiger partial charge in [0.25, 0.3) is 0 Å². The van der Waals surface area contributed by atoms with Crippen LogP contribution in [0, 0.1) is 11.7 Å². The molecule has 1 N–H and O–H groups in total. The maximum atomic E-state index is 14.8. The lowest BCUT2D eigenvalue weighted by molar-refractivity contribution is -0.125. The van der Waals surface area contributed by atoms with Gasteiger partial charge in [-0.15, -0.1) is 0 Å². The summed E-state index contributed by atoms with van der Waals surface area (Å²) in [5, 5.41) is 2.64. The SMILES string of the molecule is C[C@H](C(=O)NCc1nc2cc3c(c(F)c2o1)CC(C=O)C3)N(C)C(=O)OC(C)(C)C. The van der Waals surface area contributed by atoms with E-state index in [4.69, 9.17) is 9.15 Å². The highest BCUT2D eigenvalue weighted by Crippen LogP contribution is 2.33. The van der Waals surface area contributed by atoms with E-state index >= 15 is 0 Å². The van der Waals surface area contributed by atoms with Crippen LogP contribution < -0.4 is 5.32 Å². The van der Waals surface area contributed by atoms with Crippen LogP contribution in [0.2, 0.25) is 0 Å². The van der Waals surface area contributed by atoms with Crippen LogP contribution in [-0.4, -0.2) is 46.9 Å². The molecule has 0 aliphatic heterocycles. The Bertz CT molecular complexity index is 995. The van der Waals surface area contributed by atoms with E-state index in [2.05, 4.69) is 10.3 Å². The van der Waals surface area contributed by atoms with Gasteiger partial charge in [0.1, 0.15) is 23.4 Å². The van der Waals surface area contributed by atoms with E-state index in [1.807, 2.05) is 0 Å². The van der Waals surface area contributed by atoms with Crippen LogP contribution in [0.3, 0.4) is 0 Å². The van der Waals surface area contributed by atoms with Crippen LogP contribution >= 0.6 is 0 Å². The standard InChI is InChI=1S/C21H26FN3O5/c1-11(25(5)20(28)30-21(2,3)4)19(27)23-9-16-24-15-8-13-6-12(10-26)7-14(13)17(22)18(15)29-16/h8,10-12H,6-7,9H2,1-5H3,(H,23,27)/t11-,12?/m1/s1. The summed E-state index contributed by atoms with van der Waals surface area (Å²) in [6, 6.07) is 0.940. The van der Waals surface area contributed by atoms with Gasteiger partial charge in [0.15, 0.2) is 11.4 Å². The van der Waals surface area contributed by atoms with Crippen LogP contribution in [-0.2, 0) is 33.7 Å². The number of rotatable bonds is 5. The number of benzene rings is 1. The molecule has 1 aliphatic carbocycles. The third kappa shape index (κ3) is 4.44. The van der Waals surface area contributed by atoms with E-state index in [9.17, 15) is 18.8 Å². The Kier molecular flexibility index (Phi) is 5.83. The van der Waals surface area contributed by atoms with Crippen molar-refractivity contribution in [2.45, 2.75) is 58.7 Å². The molecule has 1 aromatic carbocycles. The van der Waals surface area contributed by atoms with Crippen molar-refractivity contribution in [3.8, 4) is 0 Å². The minimum atomic E-state index is -0.787. The van der Waals surface area contributed by atoms with Gasteiger partial charge in [-0.2, -0.15) is 0 Å². The molecule has 0 saturated heterocycles. The van der Waals surface area contributed by atoms with Gasteiger partial charge >= 0.3 is 6.09 Å². The Morgan fingerprint density at radius 1 is 1.43 bits per heavy atom. The quantitative estimate of drug-likeness (QED) is 0.748. The molecule has 162 valence electrons. The van der Waals surface area contributed by atoms with Gasteiger partial charge in [0.2, 0.25) is 11.8 Å². The molecule has 0 saturated carbocycles. The number of halogens is 1. The maximum Gasteiger partial charge on any atom is 0.410 e. The molecular formula is C21H26FN3O5. The molecule has 2 amide bonds. The van der Waals surface area contributed by atoms with E-state index in [1.54, 1.807) is 33.8 Å². The first-order valence-electron chi connectivity index (χ1n) is 9.78. The van der Waals surface area contributed by atoms with Gasteiger partial charge in [-0.3, -0.25) is 9.69 Å². The van der Waals surface area contributed by atoms with Gasteiger partial charge in [-0.1, -0.05) is 0 Å². The number of amides is 2. The molecule has 2 aromatic rings. The number of hydrogen-bond donors (Lipinski definition) is 1. The summed E-state index contributed by atoms with van der Waals surface area (Å²) in [5.41, 5.74) is 0.938. The summed E-state index contributed by atoms with van der Waals surface area (Å²) in [5.74, 6) is -0.999. The molecule has 1 heterocycles. The number of nitrogens with one attached hydrogen (secondary N) is 1. The third-order valence-corrected chi connectivity index (χ3v) is 5.06. The van der Waals surface area contributed by atoms with Crippen molar-refractivity contribution in [2.24, 2.45) is 5.92 Å². The molecule has 8 nitrogen and oxygen atoms in total. The Morgan fingerprint density at radius 2 is 2.13 bits per heavy atom. The van der Waals surface area contributed by atoms with Crippen LogP contribution in [0.4, 0.5) is 9.18 Å². The highest BCUT2D eigenvalue weighted by atomic mass is 19.1. The summed E-state index contributed by atoms with van der Waals surface area (Å²) in [6.07, 6.45) is 1.06. The molecule has 0 bridgehead atoms. The fraction of sp³-hybridized carbons (Fsp3) is 0.524. The van der Waals surface area contributed by atoms with Crippen molar-refractivity contribution in [3.63, 3.8) is 0 Å². The van der Waals surface area contributed by atoms with Crippen molar-refractivity contribution in [1.82, 2.24) is 15.2 Å². The summed E-state index contributed by atoms with van der Waals surface area (Å²) >= 11 is 0. The van der Waals surface area contributed by atoms with Crippen molar-refractivity contribution in [1.29, 1.82) is 0 Å². The van der Waals surface area contributed by atoms with E-state index in [0.717, 1.165) is 11.8 Å². The van der Waals surface area contributed by atoms with Crippen molar-refractivity contribution in [3.05, 3.63) is 28.9 Å². The predicted molar refractivity (Wildman–Crippen MR) is 106 cm³/mol. The molecule has 9 heteroatoms. The number of carbonyl (C=O) groups is 3. The fourth-order valence-corrected chi connectivity index (χ4v) is 3.33. The van der Waals surface area contributed by atoms with Gasteiger partial charge in [-0.25, -0.2) is 14.2 Å². The molecule has 1 aliphatic rings. The number of oxazole rings is 1. The molecule has 30 heavy (non-hydrogen) atoms. The zero-order valence-corrected chi connectivity index (χ0v) is 17.7. The summed E-state index contributed by atoms with van der Waals surface area (Å²) in [6.45, 7) is 6.74. The molecular weight excluding hydrogens is 393 g/mol. The molecule has 2 atom stereocenters. The summed E-state index contributed by atoms with van der Waals surface area (Å²) < 4.78 is 25.5. The number of hydrogen-bond acceptors (Lipinski definition) is 6. The molecule has 0 spiro atoms. The fourth-order valence-electron chi connectivity index (χ4n) is 3.33. The number of carbonyl (C=O) groups excluding carboxylic acids is 3. The monoisotopic (exact) mass is 419 g/mol. The number of ether oxygens (including phenoxy) is 1. The van der Waals surface area contributed by atoms with Crippen molar-refractivity contribution >= 4 is 29.4 Å². The maximum absolute atomic E-state index is 14.8. The van der Waals surface area contributed by atoms with Crippen LogP contribution in [0.1, 0.15) is 44.7 Å². The smallest absolute Gasteiger partial charge is 0.410 e. The van der Waals surface area contributed by atoms with Gasteiger partial charge in [0, 0.05) is 13.0 Å². The second kappa shape index (κ2) is 8.04. The molecule has 1 aromatic heterocycles. The molecule has 0 radical (unpaired) electrons. The highest BCUT2D eigenvalue weighted by Gasteiger charge is 2.29. The minimum Gasteiger partial charge on any atom is -0.444 e. The Morgan fingerprint density at radius 3 is 2.77 bits per heavy atom. The first-order chi connectivity index (χ1) is 14.0. The highest BCUT2D eigenvalue weighted by molar-refractivity contribution is 5.85. The number of likely N-dealkylation sites (N-methyl/N-ethyl adjacent to an activating group) is 1. The first-order valence-corrected chi connectivity index (χ1v) is 9.78. The van der Waals surface area contributed by atoms with Crippen LogP contribution in [0.15, 0.2) is 10.5 Å². The lowest BCUT2D eigenvalue weighted by atomic mass is 10.1. The predicted octanol–water partition coefficient (Wildman–Crippen LogP) is 2.75. The number of fused-ring (bicyclic) bond motifs is 2. The van der Waals surface area contributed by atoms with E-state index < -0.39 is 29.5 Å². The lowest BCUT2D eigenvalue weighted by Crippen LogP contribution is -2.47. The second-order valence-corrected chi connectivity index (χ2v) is 8.57. The number of aldehydes is 1. The molecule has 1 unspecified atom stereocenters. The summed E-state index contributed by atoms with van der Waals surface area (Å²) in [7, 11) is 1.47. The van der Waals surface area contributed by atoms with E-state index in [0.29, 0.717) is 23.9 Å². The molecule has 3 rings (SSSR count). The summed E-state index contributed by atoms with van der Waals surface area (Å²) in [4.78, 5) is 41.0. The zero-order valence-electron chi connectivity index (χ0n) is 17.7.